The van der Waals surface area contributed by atoms with Gasteiger partial charge in [-0.15, -0.1) is 10.2 Å². The Balaban J connectivity index is 1.80. The van der Waals surface area contributed by atoms with Crippen LogP contribution >= 0.6 is 23.3 Å². The molecule has 23 heavy (non-hydrogen) atoms. The van der Waals surface area contributed by atoms with Gasteiger partial charge in [0, 0.05) is 20.6 Å². The van der Waals surface area contributed by atoms with Gasteiger partial charge in [-0.05, 0) is 35.4 Å². The van der Waals surface area contributed by atoms with Crippen molar-refractivity contribution in [3.63, 3.8) is 0 Å². The quantitative estimate of drug-likeness (QED) is 0.680. The van der Waals surface area contributed by atoms with Gasteiger partial charge < -0.3 is 9.30 Å². The van der Waals surface area contributed by atoms with Crippen molar-refractivity contribution >= 4 is 23.3 Å². The van der Waals surface area contributed by atoms with Crippen LogP contribution in [0.15, 0.2) is 33.8 Å². The van der Waals surface area contributed by atoms with Crippen LogP contribution in [0.5, 0.6) is 0 Å². The van der Waals surface area contributed by atoms with E-state index in [9.17, 15) is 4.39 Å². The smallest absolute Gasteiger partial charge is 0.198 e. The largest absolute Gasteiger partial charge is 0.384 e. The SMILES string of the molecule is COCCc1nsc(Sc2nnc(-c3ccccc3F)n2C)n1. The fraction of sp³-hybridized carbons (Fsp3) is 0.286. The second-order valence-corrected chi connectivity index (χ2v) is 6.63. The lowest BCUT2D eigenvalue weighted by molar-refractivity contribution is 0.200. The summed E-state index contributed by atoms with van der Waals surface area (Å²) in [5.74, 6) is 0.905. The summed E-state index contributed by atoms with van der Waals surface area (Å²) in [4.78, 5) is 4.42. The molecule has 0 atom stereocenters. The number of benzene rings is 1. The van der Waals surface area contributed by atoms with Gasteiger partial charge in [0.1, 0.15) is 11.6 Å². The minimum Gasteiger partial charge on any atom is -0.384 e. The van der Waals surface area contributed by atoms with Crippen LogP contribution in [0.1, 0.15) is 5.82 Å². The second-order valence-electron chi connectivity index (χ2n) is 4.67. The van der Waals surface area contributed by atoms with E-state index in [1.165, 1.54) is 29.4 Å². The molecule has 1 aromatic carbocycles. The third kappa shape index (κ3) is 3.57. The van der Waals surface area contributed by atoms with Crippen molar-refractivity contribution in [3.8, 4) is 11.4 Å². The summed E-state index contributed by atoms with van der Waals surface area (Å²) in [6.07, 6.45) is 0.673. The van der Waals surface area contributed by atoms with Crippen molar-refractivity contribution in [2.24, 2.45) is 7.05 Å². The zero-order chi connectivity index (χ0) is 16.2. The number of hydrogen-bond donors (Lipinski definition) is 0. The monoisotopic (exact) mass is 351 g/mol. The minimum atomic E-state index is -0.322. The zero-order valence-electron chi connectivity index (χ0n) is 12.6. The van der Waals surface area contributed by atoms with Crippen LogP contribution in [0.3, 0.4) is 0 Å². The van der Waals surface area contributed by atoms with E-state index in [4.69, 9.17) is 4.74 Å². The molecule has 0 aliphatic carbocycles. The summed E-state index contributed by atoms with van der Waals surface area (Å²) in [5.41, 5.74) is 0.424. The first kappa shape index (κ1) is 16.0. The second kappa shape index (κ2) is 7.16. The molecule has 0 spiro atoms. The average molecular weight is 351 g/mol. The Morgan fingerprint density at radius 3 is 2.91 bits per heavy atom. The minimum absolute atomic E-state index is 0.322. The Kier molecular flexibility index (Phi) is 4.99. The first-order chi connectivity index (χ1) is 11.2. The number of halogens is 1. The molecule has 0 aliphatic rings. The first-order valence-corrected chi connectivity index (χ1v) is 8.41. The van der Waals surface area contributed by atoms with Crippen LogP contribution in [-0.4, -0.2) is 37.8 Å². The van der Waals surface area contributed by atoms with Crippen LogP contribution in [0.4, 0.5) is 4.39 Å². The first-order valence-electron chi connectivity index (χ1n) is 6.82. The van der Waals surface area contributed by atoms with E-state index in [1.807, 2.05) is 0 Å². The molecule has 0 radical (unpaired) electrons. The molecule has 2 heterocycles. The molecule has 0 saturated heterocycles. The van der Waals surface area contributed by atoms with Crippen LogP contribution in [0.25, 0.3) is 11.4 Å². The average Bonchev–Trinajstić information content (AvgIpc) is 3.14. The lowest BCUT2D eigenvalue weighted by Gasteiger charge is -2.03. The van der Waals surface area contributed by atoms with E-state index in [0.717, 1.165) is 10.2 Å². The summed E-state index contributed by atoms with van der Waals surface area (Å²) < 4.78 is 25.7. The third-order valence-electron chi connectivity index (χ3n) is 3.11. The number of hydrogen-bond acceptors (Lipinski definition) is 7. The van der Waals surface area contributed by atoms with Crippen molar-refractivity contribution in [1.82, 2.24) is 24.1 Å². The van der Waals surface area contributed by atoms with Gasteiger partial charge in [0.05, 0.1) is 12.2 Å². The molecule has 0 unspecified atom stereocenters. The molecular formula is C14H14FN5OS2. The topological polar surface area (TPSA) is 65.7 Å². The fourth-order valence-corrected chi connectivity index (χ4v) is 3.49. The molecule has 120 valence electrons. The van der Waals surface area contributed by atoms with Gasteiger partial charge in [-0.3, -0.25) is 0 Å². The Hall–Kier alpha value is -1.84. The number of nitrogens with zero attached hydrogens (tertiary/aromatic N) is 5. The Bertz CT molecular complexity index is 804. The highest BCUT2D eigenvalue weighted by molar-refractivity contribution is 8.00. The molecule has 3 aromatic rings. The van der Waals surface area contributed by atoms with E-state index >= 15 is 0 Å². The van der Waals surface area contributed by atoms with Gasteiger partial charge in [0.15, 0.2) is 15.3 Å². The van der Waals surface area contributed by atoms with Crippen LogP contribution < -0.4 is 0 Å². The predicted octanol–water partition coefficient (Wildman–Crippen LogP) is 2.81. The van der Waals surface area contributed by atoms with Gasteiger partial charge in [0.2, 0.25) is 0 Å². The highest BCUT2D eigenvalue weighted by Gasteiger charge is 2.16. The van der Waals surface area contributed by atoms with E-state index in [1.54, 1.807) is 36.9 Å². The molecule has 0 fully saturated rings. The van der Waals surface area contributed by atoms with Gasteiger partial charge in [-0.2, -0.15) is 4.37 Å². The summed E-state index contributed by atoms with van der Waals surface area (Å²) in [5, 5.41) is 8.85. The van der Waals surface area contributed by atoms with E-state index < -0.39 is 0 Å². The molecule has 9 heteroatoms. The van der Waals surface area contributed by atoms with Crippen molar-refractivity contribution in [2.45, 2.75) is 15.9 Å². The maximum atomic E-state index is 13.9. The number of rotatable bonds is 6. The van der Waals surface area contributed by atoms with Crippen LogP contribution in [-0.2, 0) is 18.2 Å². The molecular weight excluding hydrogens is 337 g/mol. The van der Waals surface area contributed by atoms with Crippen molar-refractivity contribution in [1.29, 1.82) is 0 Å². The molecule has 0 amide bonds. The highest BCUT2D eigenvalue weighted by atomic mass is 32.2. The molecule has 0 bridgehead atoms. The van der Waals surface area contributed by atoms with Gasteiger partial charge in [-0.1, -0.05) is 12.1 Å². The number of ether oxygens (including phenoxy) is 1. The standard InChI is InChI=1S/C14H14FN5OS2/c1-20-12(9-5-3-4-6-10(9)15)17-18-13(20)22-14-16-11(19-23-14)7-8-21-2/h3-6H,7-8H2,1-2H3. The Morgan fingerprint density at radius 1 is 1.30 bits per heavy atom. The molecule has 0 aliphatic heterocycles. The zero-order valence-corrected chi connectivity index (χ0v) is 14.2. The van der Waals surface area contributed by atoms with E-state index in [-0.39, 0.29) is 5.82 Å². The third-order valence-corrected chi connectivity index (χ3v) is 4.93. The van der Waals surface area contributed by atoms with Crippen molar-refractivity contribution in [3.05, 3.63) is 35.9 Å². The highest BCUT2D eigenvalue weighted by Crippen LogP contribution is 2.30. The number of aromatic nitrogens is 5. The van der Waals surface area contributed by atoms with Crippen LogP contribution in [0, 0.1) is 5.82 Å². The lowest BCUT2D eigenvalue weighted by atomic mass is 10.2. The maximum Gasteiger partial charge on any atom is 0.198 e. The van der Waals surface area contributed by atoms with Gasteiger partial charge in [-0.25, -0.2) is 9.37 Å². The normalized spacial score (nSPS) is 11.1. The lowest BCUT2D eigenvalue weighted by Crippen LogP contribution is -1.97. The number of methoxy groups -OCH3 is 1. The van der Waals surface area contributed by atoms with Crippen molar-refractivity contribution in [2.75, 3.05) is 13.7 Å². The van der Waals surface area contributed by atoms with Gasteiger partial charge >= 0.3 is 0 Å². The summed E-state index contributed by atoms with van der Waals surface area (Å²) >= 11 is 2.66. The Morgan fingerprint density at radius 2 is 2.13 bits per heavy atom. The van der Waals surface area contributed by atoms with E-state index in [2.05, 4.69) is 19.6 Å². The van der Waals surface area contributed by atoms with Crippen molar-refractivity contribution < 1.29 is 9.13 Å². The molecule has 6 nitrogen and oxygen atoms in total. The molecule has 3 rings (SSSR count). The Labute approximate surface area is 140 Å². The maximum absolute atomic E-state index is 13.9. The van der Waals surface area contributed by atoms with E-state index in [0.29, 0.717) is 29.6 Å². The van der Waals surface area contributed by atoms with Crippen LogP contribution in [0.2, 0.25) is 0 Å². The summed E-state index contributed by atoms with van der Waals surface area (Å²) in [6.45, 7) is 0.586. The molecule has 0 N–H and O–H groups in total. The molecule has 2 aromatic heterocycles. The molecule has 0 saturated carbocycles. The predicted molar refractivity (Wildman–Crippen MR) is 86.0 cm³/mol. The fourth-order valence-electron chi connectivity index (χ4n) is 1.93. The van der Waals surface area contributed by atoms with Gasteiger partial charge in [0.25, 0.3) is 0 Å². The summed E-state index contributed by atoms with van der Waals surface area (Å²) in [7, 11) is 3.45. The summed E-state index contributed by atoms with van der Waals surface area (Å²) in [6, 6.07) is 6.51.